The maximum absolute atomic E-state index is 13.2. The summed E-state index contributed by atoms with van der Waals surface area (Å²) in [6.45, 7) is 4.83. The van der Waals surface area contributed by atoms with E-state index in [9.17, 15) is 9.18 Å². The highest BCUT2D eigenvalue weighted by Crippen LogP contribution is 2.61. The van der Waals surface area contributed by atoms with Crippen LogP contribution in [0.25, 0.3) is 0 Å². The molecule has 0 bridgehead atoms. The molecule has 0 aromatic carbocycles. The second kappa shape index (κ2) is 8.99. The van der Waals surface area contributed by atoms with Gasteiger partial charge in [0.25, 0.3) is 0 Å². The van der Waals surface area contributed by atoms with E-state index in [0.29, 0.717) is 17.8 Å². The Morgan fingerprint density at radius 1 is 1.37 bits per heavy atom. The van der Waals surface area contributed by atoms with Gasteiger partial charge < -0.3 is 9.47 Å². The number of thioether (sulfide) groups is 1. The minimum absolute atomic E-state index is 0.0208. The molecule has 0 spiro atoms. The van der Waals surface area contributed by atoms with Crippen LogP contribution in [-0.2, 0) is 14.9 Å². The average Bonchev–Trinajstić information content (AvgIpc) is 3.40. The van der Waals surface area contributed by atoms with Crippen LogP contribution in [0.2, 0.25) is 0 Å². The van der Waals surface area contributed by atoms with Gasteiger partial charge in [0, 0.05) is 16.7 Å². The Morgan fingerprint density at radius 3 is 2.80 bits per heavy atom. The van der Waals surface area contributed by atoms with Crippen molar-refractivity contribution in [3.05, 3.63) is 24.0 Å². The standard InChI is InChI=1S/C22H32FN3O3S/c1-4-7-30-19-8-14(2)26(21(27)28-3)18(19)13-29-17-5-6-22(10-15(22)9-17)20-24-11-16(23)12-25-20/h11-12,14-15,17-19H,4-10,13H2,1-3H3/t14-,15-,17+,18-,19+,22-/m1/s1. The number of carbonyl (C=O) groups is 1. The fourth-order valence-electron chi connectivity index (χ4n) is 5.36. The Hall–Kier alpha value is -1.41. The van der Waals surface area contributed by atoms with Gasteiger partial charge in [-0.25, -0.2) is 19.2 Å². The molecule has 0 N–H and O–H groups in total. The quantitative estimate of drug-likeness (QED) is 0.638. The van der Waals surface area contributed by atoms with Gasteiger partial charge >= 0.3 is 6.09 Å². The van der Waals surface area contributed by atoms with Gasteiger partial charge in [-0.1, -0.05) is 6.92 Å². The molecule has 1 aliphatic heterocycles. The molecule has 1 amide bonds. The summed E-state index contributed by atoms with van der Waals surface area (Å²) in [5.74, 6) is 1.99. The highest BCUT2D eigenvalue weighted by Gasteiger charge is 2.60. The molecular formula is C22H32FN3O3S. The molecule has 6 nitrogen and oxygen atoms in total. The number of amides is 1. The van der Waals surface area contributed by atoms with E-state index >= 15 is 0 Å². The third-order valence-corrected chi connectivity index (χ3v) is 8.60. The van der Waals surface area contributed by atoms with Crippen molar-refractivity contribution in [2.24, 2.45) is 5.92 Å². The maximum Gasteiger partial charge on any atom is 0.410 e. The van der Waals surface area contributed by atoms with Crippen molar-refractivity contribution in [3.8, 4) is 0 Å². The van der Waals surface area contributed by atoms with E-state index < -0.39 is 0 Å². The van der Waals surface area contributed by atoms with Gasteiger partial charge in [0.1, 0.15) is 5.82 Å². The number of rotatable bonds is 7. The molecule has 0 radical (unpaired) electrons. The molecule has 2 saturated carbocycles. The number of nitrogens with zero attached hydrogens (tertiary/aromatic N) is 3. The Bertz CT molecular complexity index is 752. The van der Waals surface area contributed by atoms with E-state index in [-0.39, 0.29) is 35.5 Å². The third-order valence-electron chi connectivity index (χ3n) is 7.02. The summed E-state index contributed by atoms with van der Waals surface area (Å²) in [5, 5.41) is 0.385. The van der Waals surface area contributed by atoms with E-state index in [1.54, 1.807) is 0 Å². The van der Waals surface area contributed by atoms with Crippen molar-refractivity contribution in [2.75, 3.05) is 19.5 Å². The minimum Gasteiger partial charge on any atom is -0.453 e. The van der Waals surface area contributed by atoms with Gasteiger partial charge in [-0.2, -0.15) is 11.8 Å². The van der Waals surface area contributed by atoms with Crippen LogP contribution in [0.1, 0.15) is 58.2 Å². The highest BCUT2D eigenvalue weighted by molar-refractivity contribution is 7.99. The lowest BCUT2D eigenvalue weighted by Crippen LogP contribution is -2.45. The van der Waals surface area contributed by atoms with Crippen LogP contribution in [0.15, 0.2) is 12.4 Å². The maximum atomic E-state index is 13.2. The van der Waals surface area contributed by atoms with E-state index in [1.165, 1.54) is 19.5 Å². The van der Waals surface area contributed by atoms with E-state index in [4.69, 9.17) is 9.47 Å². The predicted molar refractivity (Wildman–Crippen MR) is 114 cm³/mol. The molecule has 0 unspecified atom stereocenters. The van der Waals surface area contributed by atoms with Gasteiger partial charge in [0.2, 0.25) is 0 Å². The third kappa shape index (κ3) is 4.17. The molecule has 1 saturated heterocycles. The zero-order valence-corrected chi connectivity index (χ0v) is 18.9. The van der Waals surface area contributed by atoms with Crippen molar-refractivity contribution in [1.29, 1.82) is 0 Å². The van der Waals surface area contributed by atoms with Gasteiger partial charge in [0.05, 0.1) is 38.3 Å². The Kier molecular flexibility index (Phi) is 6.53. The van der Waals surface area contributed by atoms with E-state index in [0.717, 1.165) is 50.1 Å². The first kappa shape index (κ1) is 21.8. The van der Waals surface area contributed by atoms with Crippen molar-refractivity contribution in [1.82, 2.24) is 14.9 Å². The number of aromatic nitrogens is 2. The summed E-state index contributed by atoms with van der Waals surface area (Å²) in [6, 6.07) is 0.216. The van der Waals surface area contributed by atoms with E-state index in [2.05, 4.69) is 23.8 Å². The Balaban J connectivity index is 1.35. The molecule has 1 aromatic heterocycles. The zero-order chi connectivity index (χ0) is 21.3. The fourth-order valence-corrected chi connectivity index (χ4v) is 6.75. The van der Waals surface area contributed by atoms with Crippen LogP contribution >= 0.6 is 11.8 Å². The number of likely N-dealkylation sites (tertiary alicyclic amines) is 1. The van der Waals surface area contributed by atoms with E-state index in [1.807, 2.05) is 16.7 Å². The minimum atomic E-state index is -0.388. The lowest BCUT2D eigenvalue weighted by Gasteiger charge is -2.32. The number of halogens is 1. The van der Waals surface area contributed by atoms with Crippen molar-refractivity contribution in [3.63, 3.8) is 0 Å². The SMILES string of the molecule is CCCS[C@H]1C[C@@H](C)N(C(=O)OC)[C@@H]1CO[C@H]1CC[C@@]2(c3ncc(F)cn3)C[C@H]2C1. The summed E-state index contributed by atoms with van der Waals surface area (Å²) in [5.41, 5.74) is 0.0208. The van der Waals surface area contributed by atoms with Crippen LogP contribution in [-0.4, -0.2) is 63.9 Å². The molecule has 3 fully saturated rings. The van der Waals surface area contributed by atoms with Crippen molar-refractivity contribution in [2.45, 2.75) is 81.2 Å². The molecule has 4 rings (SSSR count). The van der Waals surface area contributed by atoms with Gasteiger partial charge in [-0.3, -0.25) is 4.90 Å². The number of hydrogen-bond acceptors (Lipinski definition) is 6. The lowest BCUT2D eigenvalue weighted by molar-refractivity contribution is -0.00675. The average molecular weight is 438 g/mol. The molecule has 166 valence electrons. The first-order valence-corrected chi connectivity index (χ1v) is 12.1. The molecule has 8 heteroatoms. The van der Waals surface area contributed by atoms with Crippen molar-refractivity contribution < 1.29 is 18.7 Å². The predicted octanol–water partition coefficient (Wildman–Crippen LogP) is 4.18. The van der Waals surface area contributed by atoms with Gasteiger partial charge in [-0.15, -0.1) is 0 Å². The Labute approximate surface area is 182 Å². The summed E-state index contributed by atoms with van der Waals surface area (Å²) < 4.78 is 24.6. The molecule has 30 heavy (non-hydrogen) atoms. The van der Waals surface area contributed by atoms with Crippen molar-refractivity contribution >= 4 is 17.9 Å². The van der Waals surface area contributed by atoms with Crippen LogP contribution in [0.5, 0.6) is 0 Å². The summed E-state index contributed by atoms with van der Waals surface area (Å²) >= 11 is 1.94. The van der Waals surface area contributed by atoms with Crippen LogP contribution in [0.4, 0.5) is 9.18 Å². The lowest BCUT2D eigenvalue weighted by atomic mass is 9.86. The molecule has 3 aliphatic rings. The second-order valence-electron chi connectivity index (χ2n) is 8.95. The van der Waals surface area contributed by atoms with Gasteiger partial charge in [-0.05, 0) is 57.1 Å². The number of ether oxygens (including phenoxy) is 2. The second-order valence-corrected chi connectivity index (χ2v) is 10.3. The summed E-state index contributed by atoms with van der Waals surface area (Å²) in [6.07, 6.45) is 8.54. The summed E-state index contributed by atoms with van der Waals surface area (Å²) in [7, 11) is 1.45. The number of hydrogen-bond donors (Lipinski definition) is 0. The molecule has 6 atom stereocenters. The Morgan fingerprint density at radius 2 is 2.13 bits per heavy atom. The smallest absolute Gasteiger partial charge is 0.410 e. The van der Waals surface area contributed by atoms with Crippen LogP contribution in [0, 0.1) is 11.7 Å². The molecule has 2 heterocycles. The fraction of sp³-hybridized carbons (Fsp3) is 0.773. The van der Waals surface area contributed by atoms with Crippen LogP contribution in [0.3, 0.4) is 0 Å². The number of fused-ring (bicyclic) bond motifs is 1. The monoisotopic (exact) mass is 437 g/mol. The van der Waals surface area contributed by atoms with Gasteiger partial charge in [0.15, 0.2) is 5.82 Å². The highest BCUT2D eigenvalue weighted by atomic mass is 32.2. The first-order chi connectivity index (χ1) is 14.5. The normalized spacial score (nSPS) is 35.2. The summed E-state index contributed by atoms with van der Waals surface area (Å²) in [4.78, 5) is 22.8. The first-order valence-electron chi connectivity index (χ1n) is 11.1. The number of methoxy groups -OCH3 is 1. The molecule has 2 aliphatic carbocycles. The largest absolute Gasteiger partial charge is 0.453 e. The molecular weight excluding hydrogens is 405 g/mol. The molecule has 1 aromatic rings. The zero-order valence-electron chi connectivity index (χ0n) is 18.1. The number of carbonyl (C=O) groups excluding carboxylic acids is 1. The topological polar surface area (TPSA) is 64.6 Å². The van der Waals surface area contributed by atoms with Crippen LogP contribution < -0.4 is 0 Å².